The van der Waals surface area contributed by atoms with Gasteiger partial charge in [-0.3, -0.25) is 19.6 Å². The summed E-state index contributed by atoms with van der Waals surface area (Å²) in [5.41, 5.74) is -4.59. The van der Waals surface area contributed by atoms with E-state index in [-0.39, 0.29) is 86.0 Å². The number of aliphatic hydroxyl groups excluding tert-OH is 1. The molecule has 4 amide bonds. The Morgan fingerprint density at radius 2 is 0.859 bits per heavy atom. The van der Waals surface area contributed by atoms with Crippen LogP contribution in [0.1, 0.15) is 147 Å². The Morgan fingerprint density at radius 3 is 1.21 bits per heavy atom. The minimum absolute atomic E-state index is 0. The average Bonchev–Trinajstić information content (AvgIpc) is 2.20. The van der Waals surface area contributed by atoms with Gasteiger partial charge in [-0.25, -0.2) is 38.4 Å². The fourth-order valence-electron chi connectivity index (χ4n) is 9.40. The maximum absolute atomic E-state index is 12.6. The Labute approximate surface area is 541 Å². The Balaban J connectivity index is 0. The number of carboxylic acid groups (broad SMARTS) is 2. The summed E-state index contributed by atoms with van der Waals surface area (Å²) in [7, 11) is 2.65. The van der Waals surface area contributed by atoms with Crippen molar-refractivity contribution in [3.05, 3.63) is 71.8 Å². The van der Waals surface area contributed by atoms with E-state index in [1.165, 1.54) is 28.9 Å². The van der Waals surface area contributed by atoms with Crippen LogP contribution >= 0.6 is 24.0 Å². The van der Waals surface area contributed by atoms with Crippen LogP contribution < -0.4 is 29.6 Å². The van der Waals surface area contributed by atoms with Crippen molar-refractivity contribution in [2.45, 2.75) is 193 Å². The van der Waals surface area contributed by atoms with E-state index in [2.05, 4.69) is 4.74 Å². The number of benzene rings is 2. The van der Waals surface area contributed by atoms with E-state index < -0.39 is 94.0 Å². The number of aliphatic carboxylic acids is 2. The van der Waals surface area contributed by atoms with Crippen LogP contribution in [0.5, 0.6) is 0 Å². The van der Waals surface area contributed by atoms with Crippen LogP contribution in [0.15, 0.2) is 60.7 Å². The van der Waals surface area contributed by atoms with Gasteiger partial charge in [0.15, 0.2) is 16.6 Å². The van der Waals surface area contributed by atoms with E-state index in [9.17, 15) is 53.7 Å². The molecule has 4 saturated heterocycles. The molecule has 4 fully saturated rings. The van der Waals surface area contributed by atoms with Crippen LogP contribution in [0.25, 0.3) is 0 Å². The number of carbonyl (C=O) groups excluding carboxylic acids is 6. The molecule has 0 bridgehead atoms. The predicted molar refractivity (Wildman–Crippen MR) is 319 cm³/mol. The molecule has 4 heterocycles. The SMILES string of the molecule is CC(C)(C)OC(=O)N1CCCC1(CO)C(=O)O.CC(C)(C)OC(=O)N1CCCC1(COCc1ccccc1)C(=O)O.COC(=O)C1(COCc2ccccc2)CCCN1C(=O)OC(C)(C)C.COC(=O)[C@@H]1CCCN1C(=O)OC(C)(C)C.I.[HH].[Na+].[OH-]. The van der Waals surface area contributed by atoms with Gasteiger partial charge in [0, 0.05) is 27.6 Å². The summed E-state index contributed by atoms with van der Waals surface area (Å²) in [6.07, 6.45) is 2.15. The number of halogens is 1. The van der Waals surface area contributed by atoms with Crippen LogP contribution in [0.4, 0.5) is 19.2 Å². The molecule has 2 aromatic carbocycles. The number of carboxylic acids is 2. The number of ether oxygens (including phenoxy) is 8. The number of methoxy groups -OCH3 is 2. The zero-order valence-corrected chi connectivity index (χ0v) is 56.7. The number of hydrogen-bond acceptors (Lipinski definition) is 18. The summed E-state index contributed by atoms with van der Waals surface area (Å²) < 4.78 is 42.3. The summed E-state index contributed by atoms with van der Waals surface area (Å²) in [5, 5.41) is 28.2. The van der Waals surface area contributed by atoms with Gasteiger partial charge in [0.2, 0.25) is 0 Å². The monoisotopic (exact) mass is 1330 g/mol. The summed E-state index contributed by atoms with van der Waals surface area (Å²) in [6, 6.07) is 18.7. The van der Waals surface area contributed by atoms with E-state index in [1.54, 1.807) is 83.1 Å². The molecule has 24 nitrogen and oxygen atoms in total. The number of carbonyl (C=O) groups is 8. The summed E-state index contributed by atoms with van der Waals surface area (Å²) in [4.78, 5) is 101. The number of likely N-dealkylation sites (tertiary alicyclic amines) is 4. The van der Waals surface area contributed by atoms with Gasteiger partial charge >= 0.3 is 77.8 Å². The smallest absolute Gasteiger partial charge is 0.870 e. The quantitative estimate of drug-likeness (QED) is 0.0859. The van der Waals surface area contributed by atoms with E-state index in [1.807, 2.05) is 60.7 Å². The maximum atomic E-state index is 12.6. The van der Waals surface area contributed by atoms with Gasteiger partial charge in [0.1, 0.15) is 28.4 Å². The summed E-state index contributed by atoms with van der Waals surface area (Å²) in [6.45, 7) is 22.9. The molecule has 4 aliphatic heterocycles. The molecule has 4 N–H and O–H groups in total. The predicted octanol–water partition coefficient (Wildman–Crippen LogP) is 6.29. The molecule has 478 valence electrons. The van der Waals surface area contributed by atoms with Crippen LogP contribution in [-0.4, -0.2) is 194 Å². The summed E-state index contributed by atoms with van der Waals surface area (Å²) in [5.74, 6) is -3.09. The van der Waals surface area contributed by atoms with Crippen molar-refractivity contribution in [2.24, 2.45) is 0 Å². The minimum atomic E-state index is -1.53. The molecule has 0 radical (unpaired) electrons. The number of esters is 2. The molecule has 85 heavy (non-hydrogen) atoms. The standard InChI is InChI=1S/C19H27NO5.C18H25NO5.C11H19NO5.C11H19NO4.HI.Na.H2O.H2/c1-18(2,3)25-17(22)20-12-8-11-19(20,16(21)23-4)14-24-13-15-9-6-5-7-10-15;1-17(2,3)24-16(22)19-11-7-10-18(19,15(20)21)13-23-12-14-8-5-4-6-9-14;1-10(2,3)17-9(16)12-6-4-5-11(12,7-13)8(14)15;1-11(2,3)16-10(14)12-7-5-6-8(12)9(13)15-4;;;;/h5-7,9-10H,8,11-14H2,1-4H3;4-6,8-9H,7,10-13H2,1-3H3,(H,20,21);13H,4-7H2,1-3H3,(H,14,15);8H,5-7H2,1-4H3;1H;;1H2;1H/q;;;;;+1;;/p-1/t;;;8-;;;;/m...0..../s1. The van der Waals surface area contributed by atoms with Gasteiger partial charge in [-0.1, -0.05) is 60.7 Å². The normalized spacial score (nSPS) is 20.8. The number of aliphatic hydroxyl groups is 1. The molecule has 2 aromatic rings. The van der Waals surface area contributed by atoms with Gasteiger partial charge < -0.3 is 58.7 Å². The molecule has 0 saturated carbocycles. The van der Waals surface area contributed by atoms with Gasteiger partial charge in [-0.2, -0.15) is 0 Å². The molecule has 6 rings (SSSR count). The third-order valence-corrected chi connectivity index (χ3v) is 13.2. The fraction of sp³-hybridized carbons (Fsp3) is 0.661. The molecule has 0 aliphatic carbocycles. The first-order chi connectivity index (χ1) is 38.1. The minimum Gasteiger partial charge on any atom is -0.870 e. The van der Waals surface area contributed by atoms with Crippen LogP contribution in [0.3, 0.4) is 0 Å². The third-order valence-electron chi connectivity index (χ3n) is 13.2. The van der Waals surface area contributed by atoms with Crippen molar-refractivity contribution in [1.82, 2.24) is 19.6 Å². The van der Waals surface area contributed by atoms with Crippen molar-refractivity contribution >= 4 is 72.2 Å². The molecular weight excluding hydrogens is 1230 g/mol. The maximum Gasteiger partial charge on any atom is 1.00 e. The zero-order valence-electron chi connectivity index (χ0n) is 52.4. The second kappa shape index (κ2) is 35.1. The van der Waals surface area contributed by atoms with Crippen molar-refractivity contribution in [2.75, 3.05) is 60.2 Å². The molecule has 4 atom stereocenters. The Hall–Kier alpha value is -5.03. The van der Waals surface area contributed by atoms with Crippen LogP contribution in [0.2, 0.25) is 0 Å². The van der Waals surface area contributed by atoms with E-state index >= 15 is 0 Å². The molecule has 3 unspecified atom stereocenters. The van der Waals surface area contributed by atoms with Gasteiger partial charge in [-0.05, 0) is 146 Å². The number of nitrogens with zero attached hydrogens (tertiary/aromatic N) is 4. The largest absolute Gasteiger partial charge is 1.00 e. The van der Waals surface area contributed by atoms with Gasteiger partial charge in [-0.15, -0.1) is 24.0 Å². The van der Waals surface area contributed by atoms with Gasteiger partial charge in [0.05, 0.1) is 47.3 Å². The van der Waals surface area contributed by atoms with Crippen LogP contribution in [-0.2, 0) is 70.3 Å². The van der Waals surface area contributed by atoms with Crippen LogP contribution in [0, 0.1) is 0 Å². The van der Waals surface area contributed by atoms with E-state index in [0.29, 0.717) is 77.9 Å². The Bertz CT molecular complexity index is 2460. The first-order valence-electron chi connectivity index (χ1n) is 27.6. The van der Waals surface area contributed by atoms with Crippen molar-refractivity contribution in [3.63, 3.8) is 0 Å². The number of hydrogen-bond donors (Lipinski definition) is 3. The van der Waals surface area contributed by atoms with Gasteiger partial charge in [0.25, 0.3) is 0 Å². The Morgan fingerprint density at radius 1 is 0.518 bits per heavy atom. The first kappa shape index (κ1) is 80.0. The second-order valence-electron chi connectivity index (χ2n) is 24.4. The van der Waals surface area contributed by atoms with E-state index in [4.69, 9.17) is 33.2 Å². The fourth-order valence-corrected chi connectivity index (χ4v) is 9.40. The Kier molecular flexibility index (Phi) is 33.0. The second-order valence-corrected chi connectivity index (χ2v) is 24.4. The number of amides is 4. The number of rotatable bonds is 13. The van der Waals surface area contributed by atoms with Crippen molar-refractivity contribution in [3.8, 4) is 0 Å². The van der Waals surface area contributed by atoms with E-state index in [0.717, 1.165) is 22.4 Å². The molecular formula is C59H94IN4NaO20. The summed E-state index contributed by atoms with van der Waals surface area (Å²) >= 11 is 0. The molecule has 0 spiro atoms. The third kappa shape index (κ3) is 24.2. The topological polar surface area (TPSA) is 314 Å². The molecule has 26 heteroatoms. The molecule has 4 aliphatic rings. The average molecular weight is 1330 g/mol. The molecule has 0 aromatic heterocycles. The zero-order chi connectivity index (χ0) is 61.9. The van der Waals surface area contributed by atoms with Crippen molar-refractivity contribution in [1.29, 1.82) is 0 Å². The first-order valence-corrected chi connectivity index (χ1v) is 27.6. The van der Waals surface area contributed by atoms with Crippen molar-refractivity contribution < 1.29 is 128 Å².